The van der Waals surface area contributed by atoms with E-state index >= 15 is 0 Å². The maximum atomic E-state index is 13.1. The van der Waals surface area contributed by atoms with E-state index in [0.29, 0.717) is 33.2 Å². The van der Waals surface area contributed by atoms with E-state index in [1.54, 1.807) is 37.3 Å². The summed E-state index contributed by atoms with van der Waals surface area (Å²) in [4.78, 5) is 13.1. The van der Waals surface area contributed by atoms with Crippen molar-refractivity contribution in [1.29, 1.82) is 0 Å². The number of esters is 1. The molecule has 0 fully saturated rings. The van der Waals surface area contributed by atoms with E-state index in [4.69, 9.17) is 25.3 Å². The zero-order valence-electron chi connectivity index (χ0n) is 19.2. The Labute approximate surface area is 212 Å². The molecule has 0 radical (unpaired) electrons. The number of ether oxygens (including phenoxy) is 1. The highest BCUT2D eigenvalue weighted by Gasteiger charge is 2.23. The van der Waals surface area contributed by atoms with Crippen molar-refractivity contribution in [1.82, 2.24) is 15.4 Å². The number of carbonyl (C=O) groups is 1. The Morgan fingerprint density at radius 1 is 0.944 bits per heavy atom. The summed E-state index contributed by atoms with van der Waals surface area (Å²) in [7, 11) is 0. The van der Waals surface area contributed by atoms with Gasteiger partial charge in [0.05, 0.1) is 5.57 Å². The van der Waals surface area contributed by atoms with E-state index in [9.17, 15) is 4.79 Å². The zero-order chi connectivity index (χ0) is 24.9. The van der Waals surface area contributed by atoms with Crippen molar-refractivity contribution in [2.24, 2.45) is 0 Å². The van der Waals surface area contributed by atoms with Gasteiger partial charge in [0.15, 0.2) is 6.61 Å². The highest BCUT2D eigenvalue weighted by Crippen LogP contribution is 2.33. The maximum absolute atomic E-state index is 13.1. The van der Waals surface area contributed by atoms with Gasteiger partial charge in [-0.1, -0.05) is 89.6 Å². The van der Waals surface area contributed by atoms with E-state index in [1.807, 2.05) is 60.7 Å². The Kier molecular flexibility index (Phi) is 6.73. The molecule has 0 spiro atoms. The van der Waals surface area contributed by atoms with E-state index < -0.39 is 5.97 Å². The molecule has 0 saturated carbocycles. The van der Waals surface area contributed by atoms with Crippen LogP contribution in [0.15, 0.2) is 93.9 Å². The van der Waals surface area contributed by atoms with Crippen molar-refractivity contribution in [3.05, 3.63) is 113 Å². The summed E-state index contributed by atoms with van der Waals surface area (Å²) in [6, 6.07) is 26.0. The molecule has 3 aromatic carbocycles. The van der Waals surface area contributed by atoms with Crippen LogP contribution in [0.2, 0.25) is 5.02 Å². The number of hydrogen-bond acceptors (Lipinski definition) is 7. The quantitative estimate of drug-likeness (QED) is 0.141. The second-order valence-electron chi connectivity index (χ2n) is 7.88. The average molecular weight is 498 g/mol. The van der Waals surface area contributed by atoms with Crippen LogP contribution >= 0.6 is 11.6 Å². The Morgan fingerprint density at radius 3 is 2.36 bits per heavy atom. The first-order valence-electron chi connectivity index (χ1n) is 11.1. The van der Waals surface area contributed by atoms with Crippen LogP contribution in [0.1, 0.15) is 22.8 Å². The lowest BCUT2D eigenvalue weighted by molar-refractivity contribution is -0.138. The molecule has 0 saturated heterocycles. The van der Waals surface area contributed by atoms with Crippen LogP contribution in [-0.2, 0) is 16.1 Å². The van der Waals surface area contributed by atoms with Crippen LogP contribution in [0.4, 0.5) is 0 Å². The Bertz CT molecular complexity index is 1510. The summed E-state index contributed by atoms with van der Waals surface area (Å²) >= 11 is 6.03. The van der Waals surface area contributed by atoms with Gasteiger partial charge in [0.2, 0.25) is 0 Å². The molecule has 0 N–H and O–H groups in total. The first-order chi connectivity index (χ1) is 17.6. The first-order valence-corrected chi connectivity index (χ1v) is 11.5. The fourth-order valence-electron chi connectivity index (χ4n) is 3.64. The third kappa shape index (κ3) is 5.11. The van der Waals surface area contributed by atoms with Gasteiger partial charge >= 0.3 is 5.97 Å². The maximum Gasteiger partial charge on any atom is 0.339 e. The van der Waals surface area contributed by atoms with Crippen molar-refractivity contribution in [2.45, 2.75) is 13.5 Å². The summed E-state index contributed by atoms with van der Waals surface area (Å²) in [6.07, 6.45) is 1.76. The van der Waals surface area contributed by atoms with E-state index in [2.05, 4.69) is 15.4 Å². The third-order valence-electron chi connectivity index (χ3n) is 5.40. The van der Waals surface area contributed by atoms with Gasteiger partial charge in [0.25, 0.3) is 11.8 Å². The van der Waals surface area contributed by atoms with Crippen molar-refractivity contribution in [2.75, 3.05) is 0 Å². The van der Waals surface area contributed by atoms with Crippen LogP contribution in [-0.4, -0.2) is 21.3 Å². The highest BCUT2D eigenvalue weighted by molar-refractivity contribution is 6.30. The summed E-state index contributed by atoms with van der Waals surface area (Å²) in [5, 5.41) is 12.9. The molecule has 5 rings (SSSR count). The second-order valence-corrected chi connectivity index (χ2v) is 8.32. The minimum Gasteiger partial charge on any atom is -0.452 e. The second kappa shape index (κ2) is 10.4. The van der Waals surface area contributed by atoms with Crippen LogP contribution in [0.25, 0.3) is 34.4 Å². The van der Waals surface area contributed by atoms with Gasteiger partial charge in [0, 0.05) is 10.6 Å². The normalized spacial score (nSPS) is 11.4. The predicted molar refractivity (Wildman–Crippen MR) is 136 cm³/mol. The Morgan fingerprint density at radius 2 is 1.64 bits per heavy atom. The van der Waals surface area contributed by atoms with Gasteiger partial charge in [-0.2, -0.15) is 0 Å². The number of carbonyl (C=O) groups excluding carboxylic acids is 1. The number of hydrogen-bond donors (Lipinski definition) is 0. The Balaban J connectivity index is 1.37. The van der Waals surface area contributed by atoms with Crippen LogP contribution < -0.4 is 0 Å². The Hall–Kier alpha value is -4.49. The fourth-order valence-corrected chi connectivity index (χ4v) is 3.77. The molecule has 0 atom stereocenters. The smallest absolute Gasteiger partial charge is 0.339 e. The van der Waals surface area contributed by atoms with Gasteiger partial charge in [-0.15, -0.1) is 10.2 Å². The van der Waals surface area contributed by atoms with E-state index in [0.717, 1.165) is 11.1 Å². The molecule has 0 unspecified atom stereocenters. The first kappa shape index (κ1) is 23.3. The van der Waals surface area contributed by atoms with Gasteiger partial charge < -0.3 is 13.7 Å². The molecule has 7 nitrogen and oxygen atoms in total. The van der Waals surface area contributed by atoms with Crippen LogP contribution in [0.3, 0.4) is 0 Å². The molecule has 8 heteroatoms. The van der Waals surface area contributed by atoms with Crippen molar-refractivity contribution in [3.63, 3.8) is 0 Å². The van der Waals surface area contributed by atoms with Gasteiger partial charge in [-0.3, -0.25) is 0 Å². The fraction of sp³-hybridized carbons (Fsp3) is 0.0714. The van der Waals surface area contributed by atoms with Crippen molar-refractivity contribution < 1.29 is 18.5 Å². The van der Waals surface area contributed by atoms with E-state index in [1.165, 1.54) is 0 Å². The van der Waals surface area contributed by atoms with Gasteiger partial charge in [-0.25, -0.2) is 4.79 Å². The van der Waals surface area contributed by atoms with Crippen LogP contribution in [0, 0.1) is 6.92 Å². The van der Waals surface area contributed by atoms with Gasteiger partial charge in [-0.05, 0) is 36.3 Å². The lowest BCUT2D eigenvalue weighted by atomic mass is 10.0. The molecule has 0 bridgehead atoms. The summed E-state index contributed by atoms with van der Waals surface area (Å²) in [6.45, 7) is 1.57. The average Bonchev–Trinajstić information content (AvgIpc) is 3.54. The monoisotopic (exact) mass is 497 g/mol. The molecular weight excluding hydrogens is 478 g/mol. The molecule has 2 heterocycles. The number of nitrogens with zero attached hydrogens (tertiary/aromatic N) is 3. The molecule has 0 aliphatic heterocycles. The number of halogens is 1. The number of aryl methyl sites for hydroxylation is 1. The molecule has 5 aromatic rings. The van der Waals surface area contributed by atoms with Gasteiger partial charge in [0.1, 0.15) is 17.0 Å². The lowest BCUT2D eigenvalue weighted by Gasteiger charge is -2.08. The van der Waals surface area contributed by atoms with Crippen molar-refractivity contribution >= 4 is 29.2 Å². The number of aromatic nitrogens is 3. The minimum absolute atomic E-state index is 0.146. The number of rotatable bonds is 7. The summed E-state index contributed by atoms with van der Waals surface area (Å²) in [5.41, 5.74) is 3.95. The SMILES string of the molecule is Cc1onc(-c2ccccc2)c1-c1nnc(COC(=O)/C(=C/c2ccccc2)c2ccc(Cl)cc2)o1. The predicted octanol–water partition coefficient (Wildman–Crippen LogP) is 6.64. The molecular formula is C28H20ClN3O4. The molecule has 0 aliphatic carbocycles. The van der Waals surface area contributed by atoms with E-state index in [-0.39, 0.29) is 18.4 Å². The summed E-state index contributed by atoms with van der Waals surface area (Å²) in [5.74, 6) is 0.383. The lowest BCUT2D eigenvalue weighted by Crippen LogP contribution is -2.07. The molecule has 178 valence electrons. The standard InChI is InChI=1S/C28H20ClN3O4/c1-18-25(26(32-36-18)21-10-6-3-7-11-21)27-31-30-24(35-27)17-34-28(33)23(16-19-8-4-2-5-9-19)20-12-14-22(29)15-13-20/h2-16H,17H2,1H3/b23-16+. The molecule has 2 aromatic heterocycles. The molecule has 36 heavy (non-hydrogen) atoms. The topological polar surface area (TPSA) is 91.3 Å². The van der Waals surface area contributed by atoms with Crippen molar-refractivity contribution in [3.8, 4) is 22.7 Å². The molecule has 0 amide bonds. The zero-order valence-corrected chi connectivity index (χ0v) is 20.0. The van der Waals surface area contributed by atoms with Crippen LogP contribution in [0.5, 0.6) is 0 Å². The third-order valence-corrected chi connectivity index (χ3v) is 5.66. The highest BCUT2D eigenvalue weighted by atomic mass is 35.5. The number of benzene rings is 3. The molecule has 0 aliphatic rings. The largest absolute Gasteiger partial charge is 0.452 e. The summed E-state index contributed by atoms with van der Waals surface area (Å²) < 4.78 is 16.7. The minimum atomic E-state index is -0.535.